The predicted molar refractivity (Wildman–Crippen MR) is 102 cm³/mol. The van der Waals surface area contributed by atoms with E-state index in [1.54, 1.807) is 6.33 Å². The van der Waals surface area contributed by atoms with Crippen LogP contribution >= 0.6 is 0 Å². The van der Waals surface area contributed by atoms with Gasteiger partial charge in [0, 0.05) is 38.0 Å². The van der Waals surface area contributed by atoms with Gasteiger partial charge in [-0.3, -0.25) is 0 Å². The minimum atomic E-state index is 0.458. The van der Waals surface area contributed by atoms with Gasteiger partial charge in [0.1, 0.15) is 18.7 Å². The number of rotatable bonds is 10. The van der Waals surface area contributed by atoms with Gasteiger partial charge in [-0.15, -0.1) is 10.2 Å². The van der Waals surface area contributed by atoms with Crippen LogP contribution in [0.1, 0.15) is 63.7 Å². The van der Waals surface area contributed by atoms with Crippen molar-refractivity contribution in [2.75, 3.05) is 13.1 Å². The van der Waals surface area contributed by atoms with Crippen molar-refractivity contribution >= 4 is 5.96 Å². The molecule has 0 aliphatic heterocycles. The number of aromatic nitrogens is 4. The average molecular weight is 361 g/mol. The van der Waals surface area contributed by atoms with Gasteiger partial charge in [0.05, 0.1) is 5.69 Å². The van der Waals surface area contributed by atoms with Crippen molar-refractivity contribution in [2.45, 2.75) is 66.0 Å². The summed E-state index contributed by atoms with van der Waals surface area (Å²) in [5.74, 6) is 3.00. The highest BCUT2D eigenvalue weighted by Crippen LogP contribution is 2.22. The molecule has 2 aromatic heterocycles. The molecule has 2 N–H and O–H groups in total. The third kappa shape index (κ3) is 5.57. The fourth-order valence-electron chi connectivity index (χ4n) is 2.84. The number of hydrogen-bond acceptors (Lipinski definition) is 5. The number of guanidine groups is 1. The van der Waals surface area contributed by atoms with Gasteiger partial charge in [-0.05, 0) is 19.8 Å². The van der Waals surface area contributed by atoms with Crippen molar-refractivity contribution in [3.63, 3.8) is 0 Å². The van der Waals surface area contributed by atoms with E-state index in [9.17, 15) is 0 Å². The van der Waals surface area contributed by atoms with Crippen LogP contribution in [0.3, 0.4) is 0 Å². The lowest BCUT2D eigenvalue weighted by Crippen LogP contribution is -2.38. The topological polar surface area (TPSA) is 93.2 Å². The number of nitrogens with zero attached hydrogens (tertiary/aromatic N) is 5. The summed E-state index contributed by atoms with van der Waals surface area (Å²) < 4.78 is 7.49. The summed E-state index contributed by atoms with van der Waals surface area (Å²) in [5, 5.41) is 18.8. The highest BCUT2D eigenvalue weighted by Gasteiger charge is 2.12. The quantitative estimate of drug-likeness (QED) is 0.499. The highest BCUT2D eigenvalue weighted by molar-refractivity contribution is 5.79. The molecule has 2 heterocycles. The molecule has 0 atom stereocenters. The Labute approximate surface area is 155 Å². The Kier molecular flexibility index (Phi) is 8.11. The van der Waals surface area contributed by atoms with Crippen LogP contribution in [0.15, 0.2) is 21.9 Å². The molecule has 26 heavy (non-hydrogen) atoms. The lowest BCUT2D eigenvalue weighted by atomic mass is 9.99. The van der Waals surface area contributed by atoms with Crippen LogP contribution in [-0.2, 0) is 19.5 Å². The van der Waals surface area contributed by atoms with Crippen LogP contribution in [0, 0.1) is 0 Å². The molecule has 0 aromatic carbocycles. The van der Waals surface area contributed by atoms with Gasteiger partial charge in [0.2, 0.25) is 0 Å². The minimum absolute atomic E-state index is 0.458. The van der Waals surface area contributed by atoms with E-state index in [1.165, 1.54) is 0 Å². The Balaban J connectivity index is 1.89. The summed E-state index contributed by atoms with van der Waals surface area (Å²) >= 11 is 0. The Morgan fingerprint density at radius 1 is 1.23 bits per heavy atom. The third-order valence-corrected chi connectivity index (χ3v) is 4.38. The van der Waals surface area contributed by atoms with Gasteiger partial charge in [0.25, 0.3) is 0 Å². The summed E-state index contributed by atoms with van der Waals surface area (Å²) in [6, 6.07) is 2.02. The maximum absolute atomic E-state index is 5.44. The second kappa shape index (κ2) is 10.6. The molecule has 0 bridgehead atoms. The van der Waals surface area contributed by atoms with E-state index in [-0.39, 0.29) is 0 Å². The molecule has 0 saturated carbocycles. The van der Waals surface area contributed by atoms with Crippen LogP contribution < -0.4 is 10.6 Å². The third-order valence-electron chi connectivity index (χ3n) is 4.38. The Morgan fingerprint density at radius 2 is 2.04 bits per heavy atom. The summed E-state index contributed by atoms with van der Waals surface area (Å²) in [7, 11) is 0. The molecule has 8 heteroatoms. The van der Waals surface area contributed by atoms with E-state index in [0.29, 0.717) is 12.5 Å². The first-order chi connectivity index (χ1) is 12.7. The first-order valence-electron chi connectivity index (χ1n) is 9.56. The van der Waals surface area contributed by atoms with Gasteiger partial charge in [-0.25, -0.2) is 4.99 Å². The number of nitrogens with one attached hydrogen (secondary N) is 2. The fraction of sp³-hybridized carbons (Fsp3) is 0.667. The highest BCUT2D eigenvalue weighted by atomic mass is 16.5. The second-order valence-corrected chi connectivity index (χ2v) is 6.15. The van der Waals surface area contributed by atoms with Gasteiger partial charge in [-0.2, -0.15) is 0 Å². The molecule has 0 fully saturated rings. The van der Waals surface area contributed by atoms with Crippen molar-refractivity contribution in [1.82, 2.24) is 30.6 Å². The standard InChI is InChI=1S/C18H31N7O/c1-5-14(6-2)16-11-15(26-24-16)12-21-18(19-8-4)20-9-10-25-13-22-23-17(25)7-3/h11,13-14H,5-10,12H2,1-4H3,(H2,19,20,21). The summed E-state index contributed by atoms with van der Waals surface area (Å²) in [4.78, 5) is 4.59. The Bertz CT molecular complexity index is 673. The van der Waals surface area contributed by atoms with E-state index in [2.05, 4.69) is 56.3 Å². The van der Waals surface area contributed by atoms with Crippen LogP contribution in [-0.4, -0.2) is 39.0 Å². The van der Waals surface area contributed by atoms with Gasteiger partial charge >= 0.3 is 0 Å². The van der Waals surface area contributed by atoms with E-state index in [4.69, 9.17) is 4.52 Å². The van der Waals surface area contributed by atoms with E-state index < -0.39 is 0 Å². The molecule has 8 nitrogen and oxygen atoms in total. The largest absolute Gasteiger partial charge is 0.359 e. The van der Waals surface area contributed by atoms with Gasteiger partial charge in [-0.1, -0.05) is 25.9 Å². The second-order valence-electron chi connectivity index (χ2n) is 6.15. The molecule has 0 aliphatic carbocycles. The van der Waals surface area contributed by atoms with Gasteiger partial charge < -0.3 is 19.7 Å². The molecular weight excluding hydrogens is 330 g/mol. The summed E-state index contributed by atoms with van der Waals surface area (Å²) in [5.41, 5.74) is 1.03. The normalized spacial score (nSPS) is 12.0. The predicted octanol–water partition coefficient (Wildman–Crippen LogP) is 2.49. The molecule has 0 saturated heterocycles. The maximum Gasteiger partial charge on any atom is 0.191 e. The molecule has 144 valence electrons. The molecule has 0 aliphatic rings. The zero-order chi connectivity index (χ0) is 18.8. The number of hydrogen-bond donors (Lipinski definition) is 2. The van der Waals surface area contributed by atoms with Crippen molar-refractivity contribution in [1.29, 1.82) is 0 Å². The molecule has 2 aromatic rings. The number of aliphatic imine (C=N–C) groups is 1. The minimum Gasteiger partial charge on any atom is -0.359 e. The fourth-order valence-corrected chi connectivity index (χ4v) is 2.84. The lowest BCUT2D eigenvalue weighted by molar-refractivity contribution is 0.372. The lowest BCUT2D eigenvalue weighted by Gasteiger charge is -2.11. The number of aryl methyl sites for hydroxylation is 1. The summed E-state index contributed by atoms with van der Waals surface area (Å²) in [6.07, 6.45) is 4.77. The average Bonchev–Trinajstić information content (AvgIpc) is 3.30. The van der Waals surface area contributed by atoms with Crippen LogP contribution in [0.25, 0.3) is 0 Å². The zero-order valence-electron chi connectivity index (χ0n) is 16.3. The summed E-state index contributed by atoms with van der Waals surface area (Å²) in [6.45, 7) is 11.3. The van der Waals surface area contributed by atoms with E-state index in [1.807, 2.05) is 13.0 Å². The molecule has 2 rings (SSSR count). The first-order valence-corrected chi connectivity index (χ1v) is 9.56. The molecular formula is C18H31N7O. The Morgan fingerprint density at radius 3 is 2.73 bits per heavy atom. The van der Waals surface area contributed by atoms with E-state index in [0.717, 1.165) is 62.1 Å². The van der Waals surface area contributed by atoms with Crippen LogP contribution in [0.2, 0.25) is 0 Å². The molecule has 0 unspecified atom stereocenters. The molecule has 0 amide bonds. The maximum atomic E-state index is 5.44. The zero-order valence-corrected chi connectivity index (χ0v) is 16.3. The molecule has 0 radical (unpaired) electrons. The van der Waals surface area contributed by atoms with Crippen molar-refractivity contribution in [3.8, 4) is 0 Å². The first kappa shape index (κ1) is 19.9. The van der Waals surface area contributed by atoms with Crippen molar-refractivity contribution in [3.05, 3.63) is 29.7 Å². The van der Waals surface area contributed by atoms with E-state index >= 15 is 0 Å². The smallest absolute Gasteiger partial charge is 0.191 e. The molecule has 0 spiro atoms. The van der Waals surface area contributed by atoms with Crippen LogP contribution in [0.4, 0.5) is 0 Å². The van der Waals surface area contributed by atoms with Crippen LogP contribution in [0.5, 0.6) is 0 Å². The monoisotopic (exact) mass is 361 g/mol. The van der Waals surface area contributed by atoms with Crippen molar-refractivity contribution < 1.29 is 4.52 Å². The SMILES string of the molecule is CCNC(=NCc1cc(C(CC)CC)no1)NCCn1cnnc1CC. The van der Waals surface area contributed by atoms with Gasteiger partial charge in [0.15, 0.2) is 11.7 Å². The Hall–Kier alpha value is -2.38. The van der Waals surface area contributed by atoms with Crippen molar-refractivity contribution in [2.24, 2.45) is 4.99 Å².